The van der Waals surface area contributed by atoms with Crippen LogP contribution in [-0.2, 0) is 20.7 Å². The van der Waals surface area contributed by atoms with Crippen molar-refractivity contribution in [1.82, 2.24) is 4.90 Å². The van der Waals surface area contributed by atoms with E-state index in [0.717, 1.165) is 53.0 Å². The molecule has 2 aromatic carbocycles. The zero-order valence-electron chi connectivity index (χ0n) is 18.7. The molecule has 0 saturated carbocycles. The normalized spacial score (nSPS) is 17.2. The van der Waals surface area contributed by atoms with Crippen molar-refractivity contribution >= 4 is 23.6 Å². The van der Waals surface area contributed by atoms with Crippen molar-refractivity contribution in [3.8, 4) is 5.75 Å². The Bertz CT molecular complexity index is 1020. The highest BCUT2D eigenvalue weighted by Crippen LogP contribution is 2.26. The highest BCUT2D eigenvalue weighted by atomic mass is 16.5. The van der Waals surface area contributed by atoms with Gasteiger partial charge in [-0.25, -0.2) is 0 Å². The zero-order chi connectivity index (χ0) is 22.5. The fraction of sp³-hybridized carbons (Fsp3) is 0.385. The molecule has 1 saturated heterocycles. The lowest BCUT2D eigenvalue weighted by Gasteiger charge is -2.24. The zero-order valence-corrected chi connectivity index (χ0v) is 18.7. The van der Waals surface area contributed by atoms with E-state index in [-0.39, 0.29) is 24.5 Å². The molecule has 0 spiro atoms. The first-order valence-corrected chi connectivity index (χ1v) is 11.2. The van der Waals surface area contributed by atoms with E-state index in [4.69, 9.17) is 9.47 Å². The van der Waals surface area contributed by atoms with Crippen molar-refractivity contribution in [2.75, 3.05) is 31.6 Å². The number of hydrogen-bond donors (Lipinski definition) is 1. The molecule has 32 heavy (non-hydrogen) atoms. The minimum atomic E-state index is -0.215. The monoisotopic (exact) mass is 434 g/mol. The number of anilines is 1. The maximum atomic E-state index is 13.0. The van der Waals surface area contributed by atoms with Crippen LogP contribution in [-0.4, -0.2) is 49.1 Å². The number of carbonyl (C=O) groups excluding carboxylic acids is 2. The summed E-state index contributed by atoms with van der Waals surface area (Å²) in [5.74, 6) is 0.498. The molecule has 2 amide bonds. The quantitative estimate of drug-likeness (QED) is 0.671. The molecule has 6 nitrogen and oxygen atoms in total. The maximum Gasteiger partial charge on any atom is 0.247 e. The molecular formula is C26H30N2O4. The van der Waals surface area contributed by atoms with Gasteiger partial charge < -0.3 is 19.7 Å². The van der Waals surface area contributed by atoms with Crippen LogP contribution in [0.4, 0.5) is 5.69 Å². The van der Waals surface area contributed by atoms with Gasteiger partial charge in [0.05, 0.1) is 12.7 Å². The van der Waals surface area contributed by atoms with Gasteiger partial charge in [-0.05, 0) is 73.2 Å². The minimum absolute atomic E-state index is 0.0194. The first-order chi connectivity index (χ1) is 15.5. The summed E-state index contributed by atoms with van der Waals surface area (Å²) < 4.78 is 11.3. The van der Waals surface area contributed by atoms with E-state index in [0.29, 0.717) is 19.8 Å². The van der Waals surface area contributed by atoms with Gasteiger partial charge in [-0.1, -0.05) is 18.2 Å². The average Bonchev–Trinajstić information content (AvgIpc) is 3.46. The van der Waals surface area contributed by atoms with Gasteiger partial charge in [0.1, 0.15) is 12.3 Å². The van der Waals surface area contributed by atoms with Crippen LogP contribution >= 0.6 is 0 Å². The van der Waals surface area contributed by atoms with E-state index in [2.05, 4.69) is 5.32 Å². The highest BCUT2D eigenvalue weighted by Gasteiger charge is 2.23. The van der Waals surface area contributed by atoms with Crippen LogP contribution in [0.5, 0.6) is 5.75 Å². The Morgan fingerprint density at radius 1 is 1.19 bits per heavy atom. The van der Waals surface area contributed by atoms with E-state index in [1.54, 1.807) is 11.0 Å². The summed E-state index contributed by atoms with van der Waals surface area (Å²) in [6, 6.07) is 11.7. The number of nitrogens with one attached hydrogen (secondary N) is 1. The smallest absolute Gasteiger partial charge is 0.247 e. The maximum absolute atomic E-state index is 13.0. The molecule has 6 heteroatoms. The lowest BCUT2D eigenvalue weighted by molar-refractivity contribution is -0.131. The van der Waals surface area contributed by atoms with Crippen LogP contribution in [0.15, 0.2) is 42.5 Å². The van der Waals surface area contributed by atoms with Gasteiger partial charge in [-0.3, -0.25) is 9.59 Å². The fourth-order valence-electron chi connectivity index (χ4n) is 4.10. The molecule has 168 valence electrons. The Labute approximate surface area is 189 Å². The van der Waals surface area contributed by atoms with Crippen LogP contribution in [0.1, 0.15) is 35.1 Å². The molecule has 0 radical (unpaired) electrons. The predicted molar refractivity (Wildman–Crippen MR) is 125 cm³/mol. The predicted octanol–water partition coefficient (Wildman–Crippen LogP) is 3.90. The molecular weight excluding hydrogens is 404 g/mol. The number of fused-ring (bicyclic) bond motifs is 1. The summed E-state index contributed by atoms with van der Waals surface area (Å²) in [6.07, 6.45) is 6.07. The molecule has 1 unspecified atom stereocenters. The number of ether oxygens (including phenoxy) is 2. The third kappa shape index (κ3) is 5.37. The molecule has 2 aliphatic rings. The topological polar surface area (TPSA) is 67.9 Å². The molecule has 0 aliphatic carbocycles. The lowest BCUT2D eigenvalue weighted by atomic mass is 10.1. The third-order valence-corrected chi connectivity index (χ3v) is 6.10. The second kappa shape index (κ2) is 10.0. The number of hydrogen-bond acceptors (Lipinski definition) is 4. The van der Waals surface area contributed by atoms with Crippen molar-refractivity contribution in [2.45, 2.75) is 39.2 Å². The standard InChI is InChI=1S/C26H30N2O4/c1-18-5-3-7-23(19(18)2)27-25(29)17-28(16-22-6-4-13-31-22)26(30)11-9-20-8-10-24-21(15-20)12-14-32-24/h3,5,7-11,15,22H,4,6,12-14,16-17H2,1-2H3,(H,27,29)/b11-9+. The summed E-state index contributed by atoms with van der Waals surface area (Å²) >= 11 is 0. The van der Waals surface area contributed by atoms with Gasteiger partial charge in [0.25, 0.3) is 0 Å². The number of rotatable bonds is 7. The van der Waals surface area contributed by atoms with Gasteiger partial charge in [0.15, 0.2) is 0 Å². The van der Waals surface area contributed by atoms with Crippen molar-refractivity contribution < 1.29 is 19.1 Å². The SMILES string of the molecule is Cc1cccc(NC(=O)CN(CC2CCCO2)C(=O)/C=C/c2ccc3c(c2)CCO3)c1C. The molecule has 4 rings (SSSR count). The molecule has 2 aromatic rings. The van der Waals surface area contributed by atoms with Gasteiger partial charge >= 0.3 is 0 Å². The van der Waals surface area contributed by atoms with Crippen molar-refractivity contribution in [3.05, 3.63) is 64.7 Å². The van der Waals surface area contributed by atoms with Crippen molar-refractivity contribution in [1.29, 1.82) is 0 Å². The number of nitrogens with zero attached hydrogens (tertiary/aromatic N) is 1. The Balaban J connectivity index is 1.44. The van der Waals surface area contributed by atoms with Crippen molar-refractivity contribution in [3.63, 3.8) is 0 Å². The number of benzene rings is 2. The second-order valence-corrected chi connectivity index (χ2v) is 8.45. The summed E-state index contributed by atoms with van der Waals surface area (Å²) in [4.78, 5) is 27.4. The van der Waals surface area contributed by atoms with Crippen LogP contribution in [0.2, 0.25) is 0 Å². The summed E-state index contributed by atoms with van der Waals surface area (Å²) in [7, 11) is 0. The molecule has 0 bridgehead atoms. The molecule has 1 N–H and O–H groups in total. The Morgan fingerprint density at radius 2 is 2.06 bits per heavy atom. The largest absolute Gasteiger partial charge is 0.493 e. The first-order valence-electron chi connectivity index (χ1n) is 11.2. The fourth-order valence-corrected chi connectivity index (χ4v) is 4.10. The molecule has 1 atom stereocenters. The van der Waals surface area contributed by atoms with Crippen LogP contribution in [0.25, 0.3) is 6.08 Å². The minimum Gasteiger partial charge on any atom is -0.493 e. The second-order valence-electron chi connectivity index (χ2n) is 8.45. The number of carbonyl (C=O) groups is 2. The summed E-state index contributed by atoms with van der Waals surface area (Å²) in [5, 5.41) is 2.95. The van der Waals surface area contributed by atoms with E-state index < -0.39 is 0 Å². The average molecular weight is 435 g/mol. The Kier molecular flexibility index (Phi) is 6.90. The lowest BCUT2D eigenvalue weighted by Crippen LogP contribution is -2.41. The Morgan fingerprint density at radius 3 is 2.88 bits per heavy atom. The molecule has 1 fully saturated rings. The number of amides is 2. The third-order valence-electron chi connectivity index (χ3n) is 6.10. The van der Waals surface area contributed by atoms with Gasteiger partial charge in [-0.15, -0.1) is 0 Å². The van der Waals surface area contributed by atoms with Gasteiger partial charge in [0.2, 0.25) is 11.8 Å². The molecule has 2 aliphatic heterocycles. The summed E-state index contributed by atoms with van der Waals surface area (Å²) in [6.45, 7) is 5.77. The van der Waals surface area contributed by atoms with E-state index >= 15 is 0 Å². The van der Waals surface area contributed by atoms with Crippen molar-refractivity contribution in [2.24, 2.45) is 0 Å². The van der Waals surface area contributed by atoms with Crippen LogP contribution in [0.3, 0.4) is 0 Å². The van der Waals surface area contributed by atoms with E-state index in [1.807, 2.05) is 50.2 Å². The summed E-state index contributed by atoms with van der Waals surface area (Å²) in [5.41, 5.74) is 5.01. The van der Waals surface area contributed by atoms with Gasteiger partial charge in [0, 0.05) is 31.3 Å². The number of aryl methyl sites for hydroxylation is 1. The van der Waals surface area contributed by atoms with E-state index in [9.17, 15) is 9.59 Å². The molecule has 2 heterocycles. The molecule has 0 aromatic heterocycles. The van der Waals surface area contributed by atoms with Crippen LogP contribution < -0.4 is 10.1 Å². The highest BCUT2D eigenvalue weighted by molar-refractivity contribution is 5.98. The Hall–Kier alpha value is -3.12. The van der Waals surface area contributed by atoms with E-state index in [1.165, 1.54) is 6.08 Å². The van der Waals surface area contributed by atoms with Crippen LogP contribution in [0, 0.1) is 13.8 Å². The van der Waals surface area contributed by atoms with Gasteiger partial charge in [-0.2, -0.15) is 0 Å². The first kappa shape index (κ1) is 22.1.